The molecule has 1 amide bonds. The number of benzene rings is 1. The first-order chi connectivity index (χ1) is 8.67. The van der Waals surface area contributed by atoms with Crippen LogP contribution in [0, 0.1) is 11.3 Å². The fraction of sp³-hybridized carbons (Fsp3) is 0.385. The van der Waals surface area contributed by atoms with Crippen molar-refractivity contribution < 1.29 is 14.6 Å². The Morgan fingerprint density at radius 3 is 2.72 bits per heavy atom. The first-order valence-electron chi connectivity index (χ1n) is 5.71. The third kappa shape index (κ3) is 4.44. The van der Waals surface area contributed by atoms with Crippen LogP contribution in [0.2, 0.25) is 0 Å². The number of ether oxygens (including phenoxy) is 1. The molecule has 0 fully saturated rings. The molecule has 18 heavy (non-hydrogen) atoms. The van der Waals surface area contributed by atoms with Gasteiger partial charge in [-0.25, -0.2) is 0 Å². The zero-order valence-corrected chi connectivity index (χ0v) is 10.2. The quantitative estimate of drug-likeness (QED) is 0.740. The van der Waals surface area contributed by atoms with Crippen LogP contribution >= 0.6 is 0 Å². The predicted molar refractivity (Wildman–Crippen MR) is 65.8 cm³/mol. The lowest BCUT2D eigenvalue weighted by Gasteiger charge is -2.09. The van der Waals surface area contributed by atoms with Crippen molar-refractivity contribution in [1.29, 1.82) is 5.26 Å². The normalized spacial score (nSPS) is 11.4. The van der Waals surface area contributed by atoms with E-state index in [-0.39, 0.29) is 19.1 Å². The summed E-state index contributed by atoms with van der Waals surface area (Å²) >= 11 is 0. The summed E-state index contributed by atoms with van der Waals surface area (Å²) in [4.78, 5) is 11.2. The molecule has 0 spiro atoms. The van der Waals surface area contributed by atoms with Crippen molar-refractivity contribution in [3.05, 3.63) is 29.8 Å². The molecule has 2 N–H and O–H groups in total. The summed E-state index contributed by atoms with van der Waals surface area (Å²) in [6.07, 6.45) is 0.175. The van der Waals surface area contributed by atoms with Crippen LogP contribution in [0.5, 0.6) is 5.75 Å². The van der Waals surface area contributed by atoms with Crippen molar-refractivity contribution in [3.8, 4) is 11.8 Å². The third-order valence-corrected chi connectivity index (χ3v) is 2.39. The molecule has 1 unspecified atom stereocenters. The first-order valence-corrected chi connectivity index (χ1v) is 5.71. The van der Waals surface area contributed by atoms with Gasteiger partial charge in [0.05, 0.1) is 12.2 Å². The van der Waals surface area contributed by atoms with E-state index < -0.39 is 6.10 Å². The third-order valence-electron chi connectivity index (χ3n) is 2.39. The van der Waals surface area contributed by atoms with Crippen molar-refractivity contribution >= 4 is 5.91 Å². The van der Waals surface area contributed by atoms with Crippen molar-refractivity contribution in [2.75, 3.05) is 13.2 Å². The average molecular weight is 248 g/mol. The molecule has 5 nitrogen and oxygen atoms in total. The second-order valence-electron chi connectivity index (χ2n) is 3.72. The van der Waals surface area contributed by atoms with E-state index in [4.69, 9.17) is 10.00 Å². The van der Waals surface area contributed by atoms with Crippen molar-refractivity contribution in [2.24, 2.45) is 0 Å². The van der Waals surface area contributed by atoms with E-state index in [1.54, 1.807) is 24.3 Å². The minimum atomic E-state index is -0.474. The summed E-state index contributed by atoms with van der Waals surface area (Å²) in [5, 5.41) is 20.3. The molecule has 1 atom stereocenters. The van der Waals surface area contributed by atoms with Gasteiger partial charge in [-0.3, -0.25) is 4.79 Å². The molecular formula is C13H16N2O3. The lowest BCUT2D eigenvalue weighted by atomic mass is 10.1. The van der Waals surface area contributed by atoms with Gasteiger partial charge in [-0.2, -0.15) is 5.26 Å². The molecule has 0 bridgehead atoms. The lowest BCUT2D eigenvalue weighted by molar-refractivity contribution is -0.122. The molecule has 5 heteroatoms. The number of hydrogen-bond acceptors (Lipinski definition) is 4. The molecule has 0 aliphatic heterocycles. The van der Waals surface area contributed by atoms with Gasteiger partial charge in [-0.05, 0) is 24.1 Å². The largest absolute Gasteiger partial charge is 0.484 e. The van der Waals surface area contributed by atoms with Gasteiger partial charge < -0.3 is 15.2 Å². The zero-order chi connectivity index (χ0) is 13.4. The van der Waals surface area contributed by atoms with Crippen molar-refractivity contribution in [1.82, 2.24) is 5.32 Å². The second-order valence-corrected chi connectivity index (χ2v) is 3.72. The van der Waals surface area contributed by atoms with E-state index in [9.17, 15) is 9.90 Å². The predicted octanol–water partition coefficient (Wildman–Crippen LogP) is 1.15. The van der Waals surface area contributed by atoms with Crippen LogP contribution in [0.1, 0.15) is 25.0 Å². The SMILES string of the molecule is CCC(O)c1ccc(OCC(=O)NCC#N)cc1. The molecule has 0 aliphatic carbocycles. The summed E-state index contributed by atoms with van der Waals surface area (Å²) in [6, 6.07) is 8.73. The minimum Gasteiger partial charge on any atom is -0.484 e. The lowest BCUT2D eigenvalue weighted by Crippen LogP contribution is -2.28. The molecular weight excluding hydrogens is 232 g/mol. The summed E-state index contributed by atoms with van der Waals surface area (Å²) in [5.74, 6) is 0.211. The molecule has 1 aromatic carbocycles. The molecule has 0 aromatic heterocycles. The molecule has 0 saturated carbocycles. The molecule has 1 aromatic rings. The molecule has 96 valence electrons. The topological polar surface area (TPSA) is 82.3 Å². The van der Waals surface area contributed by atoms with E-state index >= 15 is 0 Å². The monoisotopic (exact) mass is 248 g/mol. The maximum absolute atomic E-state index is 11.2. The van der Waals surface area contributed by atoms with Gasteiger partial charge in [-0.1, -0.05) is 19.1 Å². The van der Waals surface area contributed by atoms with Crippen LogP contribution in [-0.2, 0) is 4.79 Å². The van der Waals surface area contributed by atoms with Gasteiger partial charge in [0, 0.05) is 0 Å². The highest BCUT2D eigenvalue weighted by Gasteiger charge is 2.05. The van der Waals surface area contributed by atoms with Crippen LogP contribution in [0.15, 0.2) is 24.3 Å². The van der Waals surface area contributed by atoms with Gasteiger partial charge in [0.1, 0.15) is 12.3 Å². The van der Waals surface area contributed by atoms with Crippen LogP contribution < -0.4 is 10.1 Å². The van der Waals surface area contributed by atoms with E-state index in [1.807, 2.05) is 13.0 Å². The summed E-state index contributed by atoms with van der Waals surface area (Å²) in [5.41, 5.74) is 0.818. The number of nitrogens with zero attached hydrogens (tertiary/aromatic N) is 1. The fourth-order valence-electron chi connectivity index (χ4n) is 1.36. The van der Waals surface area contributed by atoms with E-state index in [1.165, 1.54) is 0 Å². The highest BCUT2D eigenvalue weighted by atomic mass is 16.5. The average Bonchev–Trinajstić information content (AvgIpc) is 2.42. The van der Waals surface area contributed by atoms with Gasteiger partial charge in [0.15, 0.2) is 6.61 Å². The number of nitriles is 1. The Kier molecular flexibility index (Phi) is 5.68. The minimum absolute atomic E-state index is 0.0240. The van der Waals surface area contributed by atoms with E-state index in [0.717, 1.165) is 5.56 Å². The highest BCUT2D eigenvalue weighted by Crippen LogP contribution is 2.19. The number of amides is 1. The van der Waals surface area contributed by atoms with Gasteiger partial charge >= 0.3 is 0 Å². The van der Waals surface area contributed by atoms with E-state index in [2.05, 4.69) is 5.32 Å². The summed E-state index contributed by atoms with van der Waals surface area (Å²) in [7, 11) is 0. The Morgan fingerprint density at radius 1 is 1.50 bits per heavy atom. The molecule has 0 heterocycles. The van der Waals surface area contributed by atoms with Gasteiger partial charge in [-0.15, -0.1) is 0 Å². The number of aliphatic hydroxyl groups is 1. The molecule has 1 rings (SSSR count). The second kappa shape index (κ2) is 7.30. The molecule has 0 saturated heterocycles. The Hall–Kier alpha value is -2.06. The van der Waals surface area contributed by atoms with Crippen molar-refractivity contribution in [2.45, 2.75) is 19.4 Å². The molecule has 0 radical (unpaired) electrons. The Morgan fingerprint density at radius 2 is 2.17 bits per heavy atom. The van der Waals surface area contributed by atoms with Gasteiger partial charge in [0.2, 0.25) is 0 Å². The Labute approximate surface area is 106 Å². The van der Waals surface area contributed by atoms with Crippen LogP contribution in [0.25, 0.3) is 0 Å². The number of carbonyl (C=O) groups is 1. The van der Waals surface area contributed by atoms with E-state index in [0.29, 0.717) is 12.2 Å². The maximum atomic E-state index is 11.2. The highest BCUT2D eigenvalue weighted by molar-refractivity contribution is 5.77. The Bertz CT molecular complexity index is 423. The number of rotatable bonds is 6. The Balaban J connectivity index is 2.44. The van der Waals surface area contributed by atoms with Gasteiger partial charge in [0.25, 0.3) is 5.91 Å². The standard InChI is InChI=1S/C13H16N2O3/c1-2-12(16)10-3-5-11(6-4-10)18-9-13(17)15-8-7-14/h3-6,12,16H,2,8-9H2,1H3,(H,15,17). The number of aliphatic hydroxyl groups excluding tert-OH is 1. The zero-order valence-electron chi connectivity index (χ0n) is 10.2. The number of nitrogens with one attached hydrogen (secondary N) is 1. The smallest absolute Gasteiger partial charge is 0.258 e. The summed E-state index contributed by atoms with van der Waals surface area (Å²) in [6.45, 7) is 1.75. The molecule has 0 aliphatic rings. The number of carbonyl (C=O) groups excluding carboxylic acids is 1. The van der Waals surface area contributed by atoms with Crippen LogP contribution in [0.3, 0.4) is 0 Å². The van der Waals surface area contributed by atoms with Crippen LogP contribution in [0.4, 0.5) is 0 Å². The first kappa shape index (κ1) is 14.0. The summed E-state index contributed by atoms with van der Waals surface area (Å²) < 4.78 is 5.23. The van der Waals surface area contributed by atoms with Crippen LogP contribution in [-0.4, -0.2) is 24.2 Å². The maximum Gasteiger partial charge on any atom is 0.258 e. The van der Waals surface area contributed by atoms with Crippen molar-refractivity contribution in [3.63, 3.8) is 0 Å². The number of hydrogen-bond donors (Lipinski definition) is 2. The fourth-order valence-corrected chi connectivity index (χ4v) is 1.36.